The summed E-state index contributed by atoms with van der Waals surface area (Å²) < 4.78 is 10.7. The van der Waals surface area contributed by atoms with Crippen LogP contribution in [0.2, 0.25) is 0 Å². The molecule has 1 saturated heterocycles. The van der Waals surface area contributed by atoms with Crippen LogP contribution in [0.15, 0.2) is 4.99 Å². The van der Waals surface area contributed by atoms with Gasteiger partial charge in [0.15, 0.2) is 5.96 Å². The van der Waals surface area contributed by atoms with Gasteiger partial charge in [-0.2, -0.15) is 0 Å². The van der Waals surface area contributed by atoms with E-state index in [0.29, 0.717) is 25.2 Å². The maximum Gasteiger partial charge on any atom is 0.407 e. The van der Waals surface area contributed by atoms with Crippen molar-refractivity contribution in [2.75, 3.05) is 39.4 Å². The van der Waals surface area contributed by atoms with E-state index in [1.807, 2.05) is 13.8 Å². The third kappa shape index (κ3) is 6.72. The van der Waals surface area contributed by atoms with E-state index in [1.54, 1.807) is 0 Å². The molecule has 0 aromatic carbocycles. The van der Waals surface area contributed by atoms with Gasteiger partial charge in [0.2, 0.25) is 0 Å². The predicted octanol–water partition coefficient (Wildman–Crippen LogP) is 1.98. The van der Waals surface area contributed by atoms with Gasteiger partial charge in [0.25, 0.3) is 0 Å². The van der Waals surface area contributed by atoms with Crippen LogP contribution in [0.3, 0.4) is 0 Å². The lowest BCUT2D eigenvalue weighted by atomic mass is 10.1. The van der Waals surface area contributed by atoms with E-state index in [1.165, 1.54) is 0 Å². The number of rotatable bonds is 8. The van der Waals surface area contributed by atoms with Gasteiger partial charge in [0, 0.05) is 26.2 Å². The molecule has 144 valence electrons. The molecule has 0 aromatic rings. The minimum absolute atomic E-state index is 0.0636. The summed E-state index contributed by atoms with van der Waals surface area (Å²) in [6, 6.07) is 0.0636. The second-order valence-electron chi connectivity index (χ2n) is 6.65. The molecule has 2 N–H and O–H groups in total. The number of carbonyl (C=O) groups excluding carboxylic acids is 1. The van der Waals surface area contributed by atoms with Crippen LogP contribution in [-0.4, -0.2) is 68.5 Å². The monoisotopic (exact) mass is 354 g/mol. The van der Waals surface area contributed by atoms with E-state index in [0.717, 1.165) is 57.9 Å². The number of likely N-dealkylation sites (tertiary alicyclic amines) is 1. The first-order valence-electron chi connectivity index (χ1n) is 9.76. The Balaban J connectivity index is 1.90. The van der Waals surface area contributed by atoms with Crippen LogP contribution in [0.1, 0.15) is 46.5 Å². The molecule has 1 saturated carbocycles. The number of piperidine rings is 1. The van der Waals surface area contributed by atoms with Crippen LogP contribution in [0.25, 0.3) is 0 Å². The van der Waals surface area contributed by atoms with E-state index in [-0.39, 0.29) is 12.1 Å². The number of guanidine groups is 1. The number of hydrogen-bond acceptors (Lipinski definition) is 4. The Morgan fingerprint density at radius 3 is 2.44 bits per heavy atom. The van der Waals surface area contributed by atoms with Crippen LogP contribution < -0.4 is 10.6 Å². The van der Waals surface area contributed by atoms with Gasteiger partial charge in [-0.3, -0.25) is 4.99 Å². The Morgan fingerprint density at radius 2 is 1.88 bits per heavy atom. The lowest BCUT2D eigenvalue weighted by molar-refractivity contribution is 0.0263. The van der Waals surface area contributed by atoms with Gasteiger partial charge in [0.05, 0.1) is 25.3 Å². The lowest BCUT2D eigenvalue weighted by Gasteiger charge is -2.34. The average molecular weight is 354 g/mol. The summed E-state index contributed by atoms with van der Waals surface area (Å²) in [5, 5.41) is 6.35. The second-order valence-corrected chi connectivity index (χ2v) is 6.65. The molecule has 1 aliphatic heterocycles. The maximum absolute atomic E-state index is 11.7. The molecule has 25 heavy (non-hydrogen) atoms. The topological polar surface area (TPSA) is 75.2 Å². The number of carbonyl (C=O) groups is 1. The summed E-state index contributed by atoms with van der Waals surface area (Å²) in [5.41, 5.74) is 0. The maximum atomic E-state index is 11.7. The van der Waals surface area contributed by atoms with Crippen molar-refractivity contribution in [1.82, 2.24) is 15.5 Å². The van der Waals surface area contributed by atoms with E-state index in [2.05, 4.69) is 22.5 Å². The molecule has 1 amide bonds. The van der Waals surface area contributed by atoms with Crippen molar-refractivity contribution in [1.29, 1.82) is 0 Å². The highest BCUT2D eigenvalue weighted by molar-refractivity contribution is 5.80. The minimum atomic E-state index is -0.336. The van der Waals surface area contributed by atoms with Crippen molar-refractivity contribution in [3.05, 3.63) is 0 Å². The summed E-state index contributed by atoms with van der Waals surface area (Å²) in [6.07, 6.45) is 4.41. The molecular formula is C18H34N4O3. The Morgan fingerprint density at radius 1 is 1.16 bits per heavy atom. The zero-order valence-electron chi connectivity index (χ0n) is 15.9. The summed E-state index contributed by atoms with van der Waals surface area (Å²) in [4.78, 5) is 18.8. The van der Waals surface area contributed by atoms with Gasteiger partial charge >= 0.3 is 6.09 Å². The van der Waals surface area contributed by atoms with Crippen molar-refractivity contribution < 1.29 is 14.3 Å². The van der Waals surface area contributed by atoms with Crippen LogP contribution in [-0.2, 0) is 9.47 Å². The predicted molar refractivity (Wildman–Crippen MR) is 98.9 cm³/mol. The van der Waals surface area contributed by atoms with Crippen molar-refractivity contribution in [3.8, 4) is 0 Å². The molecule has 1 aliphatic carbocycles. The van der Waals surface area contributed by atoms with Crippen LogP contribution >= 0.6 is 0 Å². The second kappa shape index (κ2) is 10.5. The molecule has 7 nitrogen and oxygen atoms in total. The van der Waals surface area contributed by atoms with Crippen molar-refractivity contribution in [2.24, 2.45) is 10.9 Å². The average Bonchev–Trinajstić information content (AvgIpc) is 3.44. The SMILES string of the molecule is CCNC(=NCC(NC(=O)OCC)C1CC1)N1CCC(OCC)CC1. The normalized spacial score (nSPS) is 20.3. The summed E-state index contributed by atoms with van der Waals surface area (Å²) in [5.74, 6) is 1.47. The molecular weight excluding hydrogens is 320 g/mol. The third-order valence-corrected chi connectivity index (χ3v) is 4.69. The molecule has 2 fully saturated rings. The highest BCUT2D eigenvalue weighted by Crippen LogP contribution is 2.32. The van der Waals surface area contributed by atoms with E-state index in [9.17, 15) is 4.79 Å². The molecule has 0 bridgehead atoms. The minimum Gasteiger partial charge on any atom is -0.450 e. The van der Waals surface area contributed by atoms with Gasteiger partial charge in [-0.1, -0.05) is 0 Å². The van der Waals surface area contributed by atoms with Crippen LogP contribution in [0, 0.1) is 5.92 Å². The Kier molecular flexibility index (Phi) is 8.31. The quantitative estimate of drug-likeness (QED) is 0.515. The number of hydrogen-bond donors (Lipinski definition) is 2. The summed E-state index contributed by atoms with van der Waals surface area (Å²) in [7, 11) is 0. The molecule has 0 spiro atoms. The fourth-order valence-electron chi connectivity index (χ4n) is 3.22. The van der Waals surface area contributed by atoms with Gasteiger partial charge < -0.3 is 25.0 Å². The number of nitrogens with zero attached hydrogens (tertiary/aromatic N) is 2. The summed E-state index contributed by atoms with van der Waals surface area (Å²) in [6.45, 7) is 10.5. The molecule has 1 atom stereocenters. The van der Waals surface area contributed by atoms with Crippen molar-refractivity contribution in [2.45, 2.75) is 58.6 Å². The molecule has 0 radical (unpaired) electrons. The number of nitrogens with one attached hydrogen (secondary N) is 2. The van der Waals surface area contributed by atoms with Gasteiger partial charge in [-0.05, 0) is 52.4 Å². The number of alkyl carbamates (subject to hydrolysis) is 1. The standard InChI is InChI=1S/C18H34N4O3/c1-4-19-17(22-11-9-15(10-12-22)24-5-2)20-13-16(14-7-8-14)21-18(23)25-6-3/h14-16H,4-13H2,1-3H3,(H,19,20)(H,21,23). The van der Waals surface area contributed by atoms with Crippen LogP contribution in [0.4, 0.5) is 4.79 Å². The fourth-order valence-corrected chi connectivity index (χ4v) is 3.22. The zero-order valence-corrected chi connectivity index (χ0v) is 15.9. The molecule has 7 heteroatoms. The molecule has 1 heterocycles. The molecule has 1 unspecified atom stereocenters. The van der Waals surface area contributed by atoms with Crippen LogP contribution in [0.5, 0.6) is 0 Å². The summed E-state index contributed by atoms with van der Waals surface area (Å²) >= 11 is 0. The first kappa shape index (κ1) is 19.8. The van der Waals surface area contributed by atoms with Gasteiger partial charge in [-0.15, -0.1) is 0 Å². The van der Waals surface area contributed by atoms with E-state index < -0.39 is 0 Å². The van der Waals surface area contributed by atoms with E-state index in [4.69, 9.17) is 14.5 Å². The Hall–Kier alpha value is -1.50. The highest BCUT2D eigenvalue weighted by Gasteiger charge is 2.33. The smallest absolute Gasteiger partial charge is 0.407 e. The first-order valence-corrected chi connectivity index (χ1v) is 9.76. The molecule has 2 aliphatic rings. The Bertz CT molecular complexity index is 432. The van der Waals surface area contributed by atoms with Crippen molar-refractivity contribution >= 4 is 12.1 Å². The van der Waals surface area contributed by atoms with E-state index >= 15 is 0 Å². The number of ether oxygens (including phenoxy) is 2. The largest absolute Gasteiger partial charge is 0.450 e. The fraction of sp³-hybridized carbons (Fsp3) is 0.889. The lowest BCUT2D eigenvalue weighted by Crippen LogP contribution is -2.48. The van der Waals surface area contributed by atoms with Gasteiger partial charge in [-0.25, -0.2) is 4.79 Å². The number of amides is 1. The molecule has 0 aromatic heterocycles. The first-order chi connectivity index (χ1) is 12.2. The zero-order chi connectivity index (χ0) is 18.1. The highest BCUT2D eigenvalue weighted by atomic mass is 16.5. The number of aliphatic imine (C=N–C) groups is 1. The van der Waals surface area contributed by atoms with Gasteiger partial charge in [0.1, 0.15) is 0 Å². The third-order valence-electron chi connectivity index (χ3n) is 4.69. The Labute approximate surface area is 151 Å². The van der Waals surface area contributed by atoms with Crippen molar-refractivity contribution in [3.63, 3.8) is 0 Å². The molecule has 2 rings (SSSR count).